The topological polar surface area (TPSA) is 82.8 Å². The standard InChI is InChI=1S/C31H35F3N6O2/c32-31(33,34)10-7-27(41)38-16-8-23(9-17-38)25-2-1-15-40-28(25)36-26(37-40)20-22-3-5-24(6-4-22)29(42)39-18-12-30(13-19-39)11-14-35-21-30/h1-6,8,15,35H,7,9-14,16-21H2. The highest BCUT2D eigenvalue weighted by molar-refractivity contribution is 5.94. The minimum Gasteiger partial charge on any atom is -0.339 e. The summed E-state index contributed by atoms with van der Waals surface area (Å²) >= 11 is 0. The molecule has 6 rings (SSSR count). The second-order valence-electron chi connectivity index (χ2n) is 11.7. The molecule has 3 aliphatic rings. The van der Waals surface area contributed by atoms with Crippen LogP contribution in [0.5, 0.6) is 0 Å². The maximum Gasteiger partial charge on any atom is 0.389 e. The molecule has 11 heteroatoms. The number of benzene rings is 1. The first kappa shape index (κ1) is 28.4. The van der Waals surface area contributed by atoms with Crippen molar-refractivity contribution in [2.45, 2.75) is 51.1 Å². The number of piperidine rings is 1. The zero-order valence-electron chi connectivity index (χ0n) is 23.5. The summed E-state index contributed by atoms with van der Waals surface area (Å²) in [4.78, 5) is 33.6. The van der Waals surface area contributed by atoms with Crippen molar-refractivity contribution in [2.75, 3.05) is 39.3 Å². The number of pyridine rings is 1. The van der Waals surface area contributed by atoms with Crippen LogP contribution in [0.2, 0.25) is 0 Å². The Morgan fingerprint density at radius 2 is 1.79 bits per heavy atom. The zero-order valence-corrected chi connectivity index (χ0v) is 23.5. The third-order valence-electron chi connectivity index (χ3n) is 8.94. The molecule has 3 aromatic rings. The Balaban J connectivity index is 1.09. The Bertz CT molecular complexity index is 1480. The van der Waals surface area contributed by atoms with Crippen molar-refractivity contribution in [3.05, 3.63) is 71.2 Å². The van der Waals surface area contributed by atoms with Crippen molar-refractivity contribution in [3.63, 3.8) is 0 Å². The third kappa shape index (κ3) is 6.21. The molecule has 2 saturated heterocycles. The third-order valence-corrected chi connectivity index (χ3v) is 8.94. The highest BCUT2D eigenvalue weighted by Gasteiger charge is 2.38. The van der Waals surface area contributed by atoms with Gasteiger partial charge >= 0.3 is 6.18 Å². The van der Waals surface area contributed by atoms with Crippen LogP contribution in [0.4, 0.5) is 13.2 Å². The lowest BCUT2D eigenvalue weighted by Crippen LogP contribution is -2.44. The van der Waals surface area contributed by atoms with E-state index in [4.69, 9.17) is 4.98 Å². The monoisotopic (exact) mass is 580 g/mol. The van der Waals surface area contributed by atoms with Gasteiger partial charge in [-0.05, 0) is 73.0 Å². The average molecular weight is 581 g/mol. The minimum absolute atomic E-state index is 0.0826. The molecule has 2 fully saturated rings. The van der Waals surface area contributed by atoms with Gasteiger partial charge in [0.15, 0.2) is 11.5 Å². The van der Waals surface area contributed by atoms with E-state index in [1.54, 1.807) is 4.52 Å². The van der Waals surface area contributed by atoms with Gasteiger partial charge in [0.1, 0.15) is 0 Å². The number of fused-ring (bicyclic) bond motifs is 1. The second kappa shape index (κ2) is 11.5. The van der Waals surface area contributed by atoms with Crippen LogP contribution < -0.4 is 5.32 Å². The van der Waals surface area contributed by atoms with Crippen LogP contribution in [-0.2, 0) is 11.2 Å². The molecule has 0 unspecified atom stereocenters. The van der Waals surface area contributed by atoms with E-state index in [0.717, 1.165) is 55.7 Å². The van der Waals surface area contributed by atoms with Gasteiger partial charge < -0.3 is 15.1 Å². The summed E-state index contributed by atoms with van der Waals surface area (Å²) in [6.45, 7) is 4.39. The summed E-state index contributed by atoms with van der Waals surface area (Å²) in [6.07, 6.45) is 2.11. The number of likely N-dealkylation sites (tertiary alicyclic amines) is 1. The van der Waals surface area contributed by atoms with Gasteiger partial charge in [0.2, 0.25) is 5.91 Å². The lowest BCUT2D eigenvalue weighted by atomic mass is 9.78. The van der Waals surface area contributed by atoms with Crippen LogP contribution in [0.1, 0.15) is 65.8 Å². The van der Waals surface area contributed by atoms with Crippen LogP contribution in [-0.4, -0.2) is 81.7 Å². The summed E-state index contributed by atoms with van der Waals surface area (Å²) in [5.41, 5.74) is 4.66. The number of rotatable bonds is 6. The first-order chi connectivity index (χ1) is 20.2. The van der Waals surface area contributed by atoms with Gasteiger partial charge in [-0.2, -0.15) is 18.3 Å². The van der Waals surface area contributed by atoms with Crippen LogP contribution in [0.25, 0.3) is 11.2 Å². The highest BCUT2D eigenvalue weighted by Crippen LogP contribution is 2.37. The molecular formula is C31H35F3N6O2. The predicted octanol–water partition coefficient (Wildman–Crippen LogP) is 4.49. The highest BCUT2D eigenvalue weighted by atomic mass is 19.4. The van der Waals surface area contributed by atoms with E-state index < -0.39 is 24.9 Å². The lowest BCUT2D eigenvalue weighted by molar-refractivity contribution is -0.148. The Labute approximate surface area is 242 Å². The van der Waals surface area contributed by atoms with Crippen LogP contribution >= 0.6 is 0 Å². The number of nitrogens with one attached hydrogen (secondary N) is 1. The van der Waals surface area contributed by atoms with E-state index >= 15 is 0 Å². The number of amides is 2. The second-order valence-corrected chi connectivity index (χ2v) is 11.7. The molecule has 8 nitrogen and oxygen atoms in total. The van der Waals surface area contributed by atoms with Gasteiger partial charge in [-0.3, -0.25) is 9.59 Å². The van der Waals surface area contributed by atoms with Crippen molar-refractivity contribution < 1.29 is 22.8 Å². The van der Waals surface area contributed by atoms with Crippen molar-refractivity contribution in [2.24, 2.45) is 5.41 Å². The Hall–Kier alpha value is -3.73. The molecule has 2 aromatic heterocycles. The zero-order chi connectivity index (χ0) is 29.3. The van der Waals surface area contributed by atoms with Crippen molar-refractivity contribution in [1.82, 2.24) is 29.7 Å². The fraction of sp³-hybridized carbons (Fsp3) is 0.484. The minimum atomic E-state index is -4.34. The Morgan fingerprint density at radius 3 is 2.45 bits per heavy atom. The fourth-order valence-corrected chi connectivity index (χ4v) is 6.36. The molecule has 5 heterocycles. The van der Waals surface area contributed by atoms with Crippen molar-refractivity contribution in [1.29, 1.82) is 0 Å². The summed E-state index contributed by atoms with van der Waals surface area (Å²) in [5.74, 6) is 0.247. The van der Waals surface area contributed by atoms with Gasteiger partial charge in [0, 0.05) is 62.9 Å². The van der Waals surface area contributed by atoms with E-state index in [1.165, 1.54) is 11.3 Å². The van der Waals surface area contributed by atoms with E-state index in [-0.39, 0.29) is 12.5 Å². The number of halogens is 3. The molecule has 0 bridgehead atoms. The molecule has 1 aromatic carbocycles. The summed E-state index contributed by atoms with van der Waals surface area (Å²) in [5, 5.41) is 8.11. The molecule has 1 N–H and O–H groups in total. The lowest BCUT2D eigenvalue weighted by Gasteiger charge is -2.38. The molecular weight excluding hydrogens is 545 g/mol. The number of hydrogen-bond donors (Lipinski definition) is 1. The average Bonchev–Trinajstić information content (AvgIpc) is 3.62. The molecule has 0 aliphatic carbocycles. The normalized spacial score (nSPS) is 19.0. The number of aromatic nitrogens is 3. The number of carbonyl (C=O) groups is 2. The van der Waals surface area contributed by atoms with Crippen molar-refractivity contribution in [3.8, 4) is 0 Å². The van der Waals surface area contributed by atoms with Crippen molar-refractivity contribution >= 4 is 23.0 Å². The first-order valence-electron chi connectivity index (χ1n) is 14.7. The maximum atomic E-state index is 13.1. The summed E-state index contributed by atoms with van der Waals surface area (Å²) < 4.78 is 39.2. The Kier molecular flexibility index (Phi) is 7.78. The largest absolute Gasteiger partial charge is 0.389 e. The number of carbonyl (C=O) groups excluding carboxylic acids is 2. The number of nitrogens with zero attached hydrogens (tertiary/aromatic N) is 5. The summed E-state index contributed by atoms with van der Waals surface area (Å²) in [6, 6.07) is 11.5. The molecule has 2 amide bonds. The van der Waals surface area contributed by atoms with E-state index in [2.05, 4.69) is 10.4 Å². The molecule has 1 spiro atoms. The van der Waals surface area contributed by atoms with E-state index in [1.807, 2.05) is 53.6 Å². The smallest absolute Gasteiger partial charge is 0.339 e. The van der Waals surface area contributed by atoms with Gasteiger partial charge in [-0.1, -0.05) is 18.2 Å². The van der Waals surface area contributed by atoms with Gasteiger partial charge in [0.05, 0.1) is 6.42 Å². The van der Waals surface area contributed by atoms with Crippen LogP contribution in [0.3, 0.4) is 0 Å². The number of hydrogen-bond acceptors (Lipinski definition) is 5. The van der Waals surface area contributed by atoms with Gasteiger partial charge in [-0.25, -0.2) is 9.50 Å². The predicted molar refractivity (Wildman–Crippen MR) is 152 cm³/mol. The van der Waals surface area contributed by atoms with Gasteiger partial charge in [0.25, 0.3) is 5.91 Å². The molecule has 3 aliphatic heterocycles. The fourth-order valence-electron chi connectivity index (χ4n) is 6.36. The van der Waals surface area contributed by atoms with Crippen LogP contribution in [0, 0.1) is 5.41 Å². The quantitative estimate of drug-likeness (QED) is 0.465. The molecule has 0 saturated carbocycles. The maximum absolute atomic E-state index is 13.1. The van der Waals surface area contributed by atoms with Crippen LogP contribution in [0.15, 0.2) is 48.7 Å². The van der Waals surface area contributed by atoms with E-state index in [9.17, 15) is 22.8 Å². The Morgan fingerprint density at radius 1 is 1.00 bits per heavy atom. The molecule has 0 atom stereocenters. The SMILES string of the molecule is O=C(CCC(F)(F)F)N1CC=C(c2cccn3nc(Cc4ccc(C(=O)N5CCC6(CCNC6)CC5)cc4)nc23)CC1. The molecule has 222 valence electrons. The first-order valence-corrected chi connectivity index (χ1v) is 14.7. The molecule has 0 radical (unpaired) electrons. The molecule has 42 heavy (non-hydrogen) atoms. The summed E-state index contributed by atoms with van der Waals surface area (Å²) in [7, 11) is 0. The number of alkyl halides is 3. The van der Waals surface area contributed by atoms with Gasteiger partial charge in [-0.15, -0.1) is 0 Å². The van der Waals surface area contributed by atoms with E-state index in [0.29, 0.717) is 41.8 Å².